The first-order valence-electron chi connectivity index (χ1n) is 5.59. The molecule has 0 bridgehead atoms. The first-order valence-corrected chi connectivity index (χ1v) is 5.97. The Bertz CT molecular complexity index is 294. The van der Waals surface area contributed by atoms with Gasteiger partial charge in [0.2, 0.25) is 0 Å². The number of aliphatic hydroxyl groups is 1. The third-order valence-electron chi connectivity index (χ3n) is 2.93. The molecule has 2 heteroatoms. The molecule has 0 aromatic heterocycles. The predicted molar refractivity (Wildman–Crippen MR) is 65.2 cm³/mol. The van der Waals surface area contributed by atoms with Crippen molar-refractivity contribution in [2.45, 2.75) is 39.2 Å². The second-order valence-corrected chi connectivity index (χ2v) is 4.41. The fourth-order valence-electron chi connectivity index (χ4n) is 1.90. The van der Waals surface area contributed by atoms with Crippen LogP contribution in [0.5, 0.6) is 0 Å². The summed E-state index contributed by atoms with van der Waals surface area (Å²) in [6.45, 7) is 4.24. The Hall–Kier alpha value is -0.530. The minimum absolute atomic E-state index is 0.251. The fraction of sp³-hybridized carbons (Fsp3) is 0.538. The van der Waals surface area contributed by atoms with E-state index in [0.29, 0.717) is 12.3 Å². The van der Waals surface area contributed by atoms with Crippen molar-refractivity contribution in [1.82, 2.24) is 0 Å². The van der Waals surface area contributed by atoms with Crippen molar-refractivity contribution >= 4 is 11.6 Å². The minimum Gasteiger partial charge on any atom is -0.392 e. The van der Waals surface area contributed by atoms with Gasteiger partial charge in [-0.05, 0) is 30.0 Å². The maximum atomic E-state index is 10.0. The molecule has 84 valence electrons. The van der Waals surface area contributed by atoms with Gasteiger partial charge >= 0.3 is 0 Å². The summed E-state index contributed by atoms with van der Waals surface area (Å²) < 4.78 is 0. The van der Waals surface area contributed by atoms with Gasteiger partial charge < -0.3 is 5.11 Å². The Balaban J connectivity index is 2.61. The Labute approximate surface area is 97.1 Å². The maximum Gasteiger partial charge on any atom is 0.0608 e. The van der Waals surface area contributed by atoms with Crippen molar-refractivity contribution in [2.75, 3.05) is 0 Å². The lowest BCUT2D eigenvalue weighted by Gasteiger charge is -2.20. The number of hydrogen-bond acceptors (Lipinski definition) is 1. The normalized spacial score (nSPS) is 13.1. The van der Waals surface area contributed by atoms with Gasteiger partial charge in [0, 0.05) is 5.02 Å². The topological polar surface area (TPSA) is 20.2 Å². The molecule has 0 aliphatic rings. The molecule has 0 aliphatic heterocycles. The average Bonchev–Trinajstić information content (AvgIpc) is 2.19. The molecule has 1 N–H and O–H groups in total. The summed E-state index contributed by atoms with van der Waals surface area (Å²) in [5.74, 6) is 0.393. The van der Waals surface area contributed by atoms with Crippen LogP contribution in [0.3, 0.4) is 0 Å². The van der Waals surface area contributed by atoms with Crippen molar-refractivity contribution in [3.63, 3.8) is 0 Å². The van der Waals surface area contributed by atoms with E-state index in [1.54, 1.807) is 0 Å². The number of aliphatic hydroxyl groups excluding tert-OH is 1. The lowest BCUT2D eigenvalue weighted by atomic mass is 9.92. The molecular weight excluding hydrogens is 208 g/mol. The lowest BCUT2D eigenvalue weighted by molar-refractivity contribution is 0.103. The lowest BCUT2D eigenvalue weighted by Crippen LogP contribution is -2.21. The summed E-state index contributed by atoms with van der Waals surface area (Å²) >= 11 is 5.89. The summed E-state index contributed by atoms with van der Waals surface area (Å²) in [5, 5.41) is 10.8. The molecule has 1 aromatic rings. The predicted octanol–water partition coefficient (Wildman–Crippen LogP) is 3.68. The highest BCUT2D eigenvalue weighted by molar-refractivity contribution is 6.30. The van der Waals surface area contributed by atoms with Crippen molar-refractivity contribution < 1.29 is 5.11 Å². The van der Waals surface area contributed by atoms with Crippen LogP contribution in [-0.4, -0.2) is 11.2 Å². The molecule has 1 rings (SSSR count). The first-order chi connectivity index (χ1) is 7.17. The van der Waals surface area contributed by atoms with Crippen LogP contribution in [0.2, 0.25) is 5.02 Å². The zero-order valence-corrected chi connectivity index (χ0v) is 10.2. The Morgan fingerprint density at radius 1 is 1.27 bits per heavy atom. The van der Waals surface area contributed by atoms with Crippen LogP contribution < -0.4 is 0 Å². The van der Waals surface area contributed by atoms with Gasteiger partial charge in [0.05, 0.1) is 6.10 Å². The standard InChI is InChI=1S/C13H19ClO/c1-3-11(4-2)13(15)9-10-6-5-7-12(14)8-10/h5-8,11,13,15H,3-4,9H2,1-2H3. The molecule has 0 saturated carbocycles. The van der Waals surface area contributed by atoms with Gasteiger partial charge in [-0.3, -0.25) is 0 Å². The molecule has 1 nitrogen and oxygen atoms in total. The minimum atomic E-state index is -0.251. The maximum absolute atomic E-state index is 10.0. The van der Waals surface area contributed by atoms with Gasteiger partial charge in [0.15, 0.2) is 0 Å². The van der Waals surface area contributed by atoms with Crippen molar-refractivity contribution in [2.24, 2.45) is 5.92 Å². The van der Waals surface area contributed by atoms with Gasteiger partial charge in [0.1, 0.15) is 0 Å². The van der Waals surface area contributed by atoms with Gasteiger partial charge in [0.25, 0.3) is 0 Å². The Kier molecular flexibility index (Phi) is 5.13. The van der Waals surface area contributed by atoms with E-state index >= 15 is 0 Å². The van der Waals surface area contributed by atoms with E-state index < -0.39 is 0 Å². The largest absolute Gasteiger partial charge is 0.392 e. The third kappa shape index (κ3) is 3.84. The van der Waals surface area contributed by atoms with Crippen LogP contribution in [0.15, 0.2) is 24.3 Å². The average molecular weight is 227 g/mol. The van der Waals surface area contributed by atoms with E-state index in [1.165, 1.54) is 0 Å². The number of halogens is 1. The van der Waals surface area contributed by atoms with Crippen LogP contribution in [-0.2, 0) is 6.42 Å². The summed E-state index contributed by atoms with van der Waals surface area (Å²) in [6, 6.07) is 7.72. The van der Waals surface area contributed by atoms with Crippen molar-refractivity contribution in [1.29, 1.82) is 0 Å². The molecule has 1 aromatic carbocycles. The molecule has 0 spiro atoms. The van der Waals surface area contributed by atoms with Gasteiger partial charge in [-0.25, -0.2) is 0 Å². The fourth-order valence-corrected chi connectivity index (χ4v) is 2.12. The van der Waals surface area contributed by atoms with Gasteiger partial charge in [-0.15, -0.1) is 0 Å². The van der Waals surface area contributed by atoms with Crippen LogP contribution in [0.25, 0.3) is 0 Å². The van der Waals surface area contributed by atoms with E-state index in [4.69, 9.17) is 11.6 Å². The van der Waals surface area contributed by atoms with Crippen LogP contribution in [0.4, 0.5) is 0 Å². The molecule has 0 heterocycles. The molecule has 0 aliphatic carbocycles. The molecule has 0 saturated heterocycles. The third-order valence-corrected chi connectivity index (χ3v) is 3.16. The van der Waals surface area contributed by atoms with E-state index in [9.17, 15) is 5.11 Å². The highest BCUT2D eigenvalue weighted by Crippen LogP contribution is 2.19. The molecule has 15 heavy (non-hydrogen) atoms. The number of hydrogen-bond donors (Lipinski definition) is 1. The number of benzene rings is 1. The Morgan fingerprint density at radius 2 is 1.93 bits per heavy atom. The van der Waals surface area contributed by atoms with E-state index in [-0.39, 0.29) is 6.10 Å². The van der Waals surface area contributed by atoms with Crippen LogP contribution >= 0.6 is 11.6 Å². The van der Waals surface area contributed by atoms with Crippen molar-refractivity contribution in [3.8, 4) is 0 Å². The zero-order valence-electron chi connectivity index (χ0n) is 9.41. The summed E-state index contributed by atoms with van der Waals surface area (Å²) in [7, 11) is 0. The molecule has 1 atom stereocenters. The monoisotopic (exact) mass is 226 g/mol. The molecule has 0 amide bonds. The highest BCUT2D eigenvalue weighted by atomic mass is 35.5. The summed E-state index contributed by atoms with van der Waals surface area (Å²) in [4.78, 5) is 0. The number of rotatable bonds is 5. The van der Waals surface area contributed by atoms with Gasteiger partial charge in [-0.1, -0.05) is 50.4 Å². The van der Waals surface area contributed by atoms with Gasteiger partial charge in [-0.2, -0.15) is 0 Å². The van der Waals surface area contributed by atoms with E-state index in [1.807, 2.05) is 24.3 Å². The molecular formula is C13H19ClO. The van der Waals surface area contributed by atoms with E-state index in [2.05, 4.69) is 13.8 Å². The second-order valence-electron chi connectivity index (χ2n) is 3.98. The zero-order chi connectivity index (χ0) is 11.3. The highest BCUT2D eigenvalue weighted by Gasteiger charge is 2.15. The SMILES string of the molecule is CCC(CC)C(O)Cc1cccc(Cl)c1. The second kappa shape index (κ2) is 6.14. The van der Waals surface area contributed by atoms with E-state index in [0.717, 1.165) is 23.4 Å². The summed E-state index contributed by atoms with van der Waals surface area (Å²) in [6.07, 6.45) is 2.50. The molecule has 1 unspecified atom stereocenters. The molecule has 0 fully saturated rings. The Morgan fingerprint density at radius 3 is 2.47 bits per heavy atom. The first kappa shape index (κ1) is 12.5. The van der Waals surface area contributed by atoms with Crippen LogP contribution in [0.1, 0.15) is 32.3 Å². The smallest absolute Gasteiger partial charge is 0.0608 e. The quantitative estimate of drug-likeness (QED) is 0.812. The van der Waals surface area contributed by atoms with Crippen LogP contribution in [0, 0.1) is 5.92 Å². The molecule has 0 radical (unpaired) electrons. The van der Waals surface area contributed by atoms with Crippen molar-refractivity contribution in [3.05, 3.63) is 34.9 Å². The summed E-state index contributed by atoms with van der Waals surface area (Å²) in [5.41, 5.74) is 1.11.